The summed E-state index contributed by atoms with van der Waals surface area (Å²) in [4.78, 5) is 13.4. The predicted octanol–water partition coefficient (Wildman–Crippen LogP) is 2.65. The average molecular weight is 248 g/mol. The topological polar surface area (TPSA) is 25.2 Å². The number of hydrogen-bond donors (Lipinski definition) is 0. The fourth-order valence-corrected chi connectivity index (χ4v) is 2.89. The summed E-state index contributed by atoms with van der Waals surface area (Å²) in [5, 5.41) is 0. The highest BCUT2D eigenvalue weighted by molar-refractivity contribution is 5.77. The van der Waals surface area contributed by atoms with Crippen LogP contribution in [0.25, 0.3) is 0 Å². The molecule has 0 aliphatic carbocycles. The largest absolute Gasteiger partial charge is 0.348 e. The smallest absolute Gasteiger partial charge is 0.151 e. The van der Waals surface area contributed by atoms with Crippen LogP contribution in [0.2, 0.25) is 0 Å². The normalized spacial score (nSPS) is 20.0. The van der Waals surface area contributed by atoms with Crippen molar-refractivity contribution < 1.29 is 4.79 Å². The maximum Gasteiger partial charge on any atom is 0.151 e. The first kappa shape index (κ1) is 13.3. The van der Waals surface area contributed by atoms with Crippen molar-refractivity contribution in [1.29, 1.82) is 0 Å². The monoisotopic (exact) mass is 248 g/mol. The highest BCUT2D eigenvalue weighted by Gasteiger charge is 2.30. The molecule has 0 radical (unpaired) electrons. The molecule has 18 heavy (non-hydrogen) atoms. The molecule has 1 saturated heterocycles. The summed E-state index contributed by atoms with van der Waals surface area (Å²) in [7, 11) is 2.19. The standard InChI is InChI=1S/C15H24N2O/c1-12-9-14(10-18)13(2)17(12)11-15(3)5-7-16(4)8-6-15/h9-10H,5-8,11H2,1-4H3. The second-order valence-corrected chi connectivity index (χ2v) is 6.14. The van der Waals surface area contributed by atoms with E-state index >= 15 is 0 Å². The van der Waals surface area contributed by atoms with E-state index in [1.807, 2.05) is 6.07 Å². The van der Waals surface area contributed by atoms with E-state index in [9.17, 15) is 4.79 Å². The summed E-state index contributed by atoms with van der Waals surface area (Å²) in [5.41, 5.74) is 3.52. The molecule has 0 spiro atoms. The molecule has 0 aromatic carbocycles. The number of aromatic nitrogens is 1. The van der Waals surface area contributed by atoms with E-state index in [2.05, 4.69) is 37.3 Å². The van der Waals surface area contributed by atoms with Crippen molar-refractivity contribution in [3.8, 4) is 0 Å². The Morgan fingerprint density at radius 2 is 1.94 bits per heavy atom. The number of rotatable bonds is 3. The Morgan fingerprint density at radius 3 is 2.44 bits per heavy atom. The molecule has 0 amide bonds. The number of carbonyl (C=O) groups excluding carboxylic acids is 1. The van der Waals surface area contributed by atoms with Gasteiger partial charge in [-0.15, -0.1) is 0 Å². The molecule has 1 fully saturated rings. The first-order valence-corrected chi connectivity index (χ1v) is 6.76. The van der Waals surface area contributed by atoms with Gasteiger partial charge in [0.1, 0.15) is 0 Å². The molecule has 0 N–H and O–H groups in total. The van der Waals surface area contributed by atoms with Crippen LogP contribution in [0.3, 0.4) is 0 Å². The fraction of sp³-hybridized carbons (Fsp3) is 0.667. The third-order valence-electron chi connectivity index (χ3n) is 4.47. The Hall–Kier alpha value is -1.09. The maximum atomic E-state index is 11.0. The molecule has 0 saturated carbocycles. The predicted molar refractivity (Wildman–Crippen MR) is 74.1 cm³/mol. The SMILES string of the molecule is Cc1cc(C=O)c(C)n1CC1(C)CCN(C)CC1. The van der Waals surface area contributed by atoms with Gasteiger partial charge in [-0.2, -0.15) is 0 Å². The van der Waals surface area contributed by atoms with Crippen LogP contribution in [0.5, 0.6) is 0 Å². The lowest BCUT2D eigenvalue weighted by Gasteiger charge is -2.38. The van der Waals surface area contributed by atoms with Crippen molar-refractivity contribution in [2.45, 2.75) is 40.2 Å². The van der Waals surface area contributed by atoms with E-state index in [1.54, 1.807) is 0 Å². The molecule has 1 aliphatic heterocycles. The third-order valence-corrected chi connectivity index (χ3v) is 4.47. The van der Waals surface area contributed by atoms with E-state index in [-0.39, 0.29) is 0 Å². The van der Waals surface area contributed by atoms with Gasteiger partial charge in [0.15, 0.2) is 6.29 Å². The quantitative estimate of drug-likeness (QED) is 0.768. The summed E-state index contributed by atoms with van der Waals surface area (Å²) >= 11 is 0. The van der Waals surface area contributed by atoms with Crippen LogP contribution in [0.15, 0.2) is 6.07 Å². The van der Waals surface area contributed by atoms with Gasteiger partial charge in [0.25, 0.3) is 0 Å². The number of piperidine rings is 1. The number of likely N-dealkylation sites (tertiary alicyclic amines) is 1. The van der Waals surface area contributed by atoms with Gasteiger partial charge in [0.2, 0.25) is 0 Å². The molecule has 0 bridgehead atoms. The Bertz CT molecular complexity index is 440. The van der Waals surface area contributed by atoms with Crippen molar-refractivity contribution >= 4 is 6.29 Å². The number of aryl methyl sites for hydroxylation is 1. The van der Waals surface area contributed by atoms with Gasteiger partial charge in [-0.3, -0.25) is 4.79 Å². The molecule has 2 heterocycles. The minimum Gasteiger partial charge on any atom is -0.348 e. The maximum absolute atomic E-state index is 11.0. The van der Waals surface area contributed by atoms with E-state index in [0.717, 1.165) is 24.1 Å². The van der Waals surface area contributed by atoms with Crippen LogP contribution >= 0.6 is 0 Å². The van der Waals surface area contributed by atoms with Gasteiger partial charge in [0, 0.05) is 23.5 Å². The zero-order chi connectivity index (χ0) is 13.3. The number of aldehydes is 1. The Kier molecular flexibility index (Phi) is 3.62. The zero-order valence-corrected chi connectivity index (χ0v) is 12.0. The summed E-state index contributed by atoms with van der Waals surface area (Å²) in [6.45, 7) is 9.91. The molecule has 0 unspecified atom stereocenters. The van der Waals surface area contributed by atoms with Gasteiger partial charge in [-0.25, -0.2) is 0 Å². The van der Waals surface area contributed by atoms with E-state index in [1.165, 1.54) is 31.6 Å². The van der Waals surface area contributed by atoms with Crippen molar-refractivity contribution in [2.75, 3.05) is 20.1 Å². The van der Waals surface area contributed by atoms with Gasteiger partial charge >= 0.3 is 0 Å². The Labute approximate surface area is 110 Å². The molecular formula is C15H24N2O. The molecular weight excluding hydrogens is 224 g/mol. The summed E-state index contributed by atoms with van der Waals surface area (Å²) in [6, 6.07) is 2.00. The lowest BCUT2D eigenvalue weighted by molar-refractivity contribution is 0.111. The molecule has 3 nitrogen and oxygen atoms in total. The molecule has 100 valence electrons. The lowest BCUT2D eigenvalue weighted by Crippen LogP contribution is -2.38. The van der Waals surface area contributed by atoms with Crippen LogP contribution in [0.1, 0.15) is 41.5 Å². The van der Waals surface area contributed by atoms with E-state index in [4.69, 9.17) is 0 Å². The van der Waals surface area contributed by atoms with Crippen LogP contribution < -0.4 is 0 Å². The van der Waals surface area contributed by atoms with Gasteiger partial charge < -0.3 is 9.47 Å². The number of hydrogen-bond acceptors (Lipinski definition) is 2. The zero-order valence-electron chi connectivity index (χ0n) is 12.0. The first-order chi connectivity index (χ1) is 8.45. The summed E-state index contributed by atoms with van der Waals surface area (Å²) in [6.07, 6.45) is 3.43. The molecule has 1 aromatic heterocycles. The van der Waals surface area contributed by atoms with Crippen molar-refractivity contribution in [3.63, 3.8) is 0 Å². The highest BCUT2D eigenvalue weighted by Crippen LogP contribution is 2.33. The minimum atomic E-state index is 0.362. The molecule has 1 aliphatic rings. The Morgan fingerprint density at radius 1 is 1.33 bits per heavy atom. The van der Waals surface area contributed by atoms with E-state index in [0.29, 0.717) is 5.41 Å². The van der Waals surface area contributed by atoms with E-state index < -0.39 is 0 Å². The summed E-state index contributed by atoms with van der Waals surface area (Å²) < 4.78 is 2.31. The number of carbonyl (C=O) groups is 1. The van der Waals surface area contributed by atoms with Crippen molar-refractivity contribution in [2.24, 2.45) is 5.41 Å². The first-order valence-electron chi connectivity index (χ1n) is 6.76. The van der Waals surface area contributed by atoms with Gasteiger partial charge in [-0.05, 0) is 58.3 Å². The van der Waals surface area contributed by atoms with Crippen molar-refractivity contribution in [3.05, 3.63) is 23.0 Å². The summed E-state index contributed by atoms with van der Waals surface area (Å²) in [5.74, 6) is 0. The second kappa shape index (κ2) is 4.88. The molecule has 1 aromatic rings. The Balaban J connectivity index is 2.18. The van der Waals surface area contributed by atoms with Crippen LogP contribution in [-0.4, -0.2) is 35.9 Å². The highest BCUT2D eigenvalue weighted by atomic mass is 16.1. The van der Waals surface area contributed by atoms with Crippen LogP contribution in [-0.2, 0) is 6.54 Å². The molecule has 2 rings (SSSR count). The fourth-order valence-electron chi connectivity index (χ4n) is 2.89. The minimum absolute atomic E-state index is 0.362. The van der Waals surface area contributed by atoms with Crippen LogP contribution in [0.4, 0.5) is 0 Å². The lowest BCUT2D eigenvalue weighted by atomic mass is 9.80. The molecule has 0 atom stereocenters. The van der Waals surface area contributed by atoms with Crippen LogP contribution in [0, 0.1) is 19.3 Å². The second-order valence-electron chi connectivity index (χ2n) is 6.14. The third kappa shape index (κ3) is 2.51. The van der Waals surface area contributed by atoms with Gasteiger partial charge in [-0.1, -0.05) is 6.92 Å². The van der Waals surface area contributed by atoms with Crippen molar-refractivity contribution in [1.82, 2.24) is 9.47 Å². The average Bonchev–Trinajstić information content (AvgIpc) is 2.61. The van der Waals surface area contributed by atoms with Gasteiger partial charge in [0.05, 0.1) is 0 Å². The number of nitrogens with zero attached hydrogens (tertiary/aromatic N) is 2. The molecule has 3 heteroatoms.